The highest BCUT2D eigenvalue weighted by Gasteiger charge is 2.25. The predicted molar refractivity (Wildman–Crippen MR) is 96.3 cm³/mol. The van der Waals surface area contributed by atoms with Gasteiger partial charge in [-0.3, -0.25) is 9.67 Å². The summed E-state index contributed by atoms with van der Waals surface area (Å²) in [7, 11) is 1.90. The van der Waals surface area contributed by atoms with Crippen LogP contribution in [0.3, 0.4) is 0 Å². The maximum Gasteiger partial charge on any atom is 0.182 e. The molecule has 1 fully saturated rings. The Bertz CT molecular complexity index is 891. The Labute approximate surface area is 146 Å². The second-order valence-corrected chi connectivity index (χ2v) is 6.63. The molecule has 0 bridgehead atoms. The van der Waals surface area contributed by atoms with Crippen molar-refractivity contribution in [1.82, 2.24) is 24.7 Å². The Balaban J connectivity index is 1.89. The summed E-state index contributed by atoms with van der Waals surface area (Å²) in [4.78, 5) is 16.2. The number of aliphatic hydroxyl groups excluding tert-OH is 1. The van der Waals surface area contributed by atoms with Crippen molar-refractivity contribution < 1.29 is 5.11 Å². The Morgan fingerprint density at radius 1 is 1.28 bits per heavy atom. The molecule has 7 heteroatoms. The van der Waals surface area contributed by atoms with E-state index in [1.807, 2.05) is 32.2 Å². The molecule has 3 aromatic heterocycles. The molecule has 1 atom stereocenters. The van der Waals surface area contributed by atoms with E-state index >= 15 is 0 Å². The van der Waals surface area contributed by atoms with Gasteiger partial charge in [0.2, 0.25) is 0 Å². The second kappa shape index (κ2) is 6.40. The van der Waals surface area contributed by atoms with Gasteiger partial charge in [0.05, 0.1) is 11.1 Å². The van der Waals surface area contributed by atoms with E-state index in [0.29, 0.717) is 5.82 Å². The molecular weight excluding hydrogens is 316 g/mol. The van der Waals surface area contributed by atoms with E-state index in [-0.39, 0.29) is 12.5 Å². The molecule has 4 rings (SSSR count). The lowest BCUT2D eigenvalue weighted by molar-refractivity contribution is 0.208. The first kappa shape index (κ1) is 16.0. The molecule has 0 aliphatic carbocycles. The summed E-state index contributed by atoms with van der Waals surface area (Å²) in [6, 6.07) is 5.74. The summed E-state index contributed by atoms with van der Waals surface area (Å²) >= 11 is 0. The van der Waals surface area contributed by atoms with Crippen LogP contribution >= 0.6 is 0 Å². The van der Waals surface area contributed by atoms with Crippen LogP contribution in [0.25, 0.3) is 22.6 Å². The number of piperidine rings is 1. The first-order chi connectivity index (χ1) is 12.2. The van der Waals surface area contributed by atoms with Crippen molar-refractivity contribution in [2.24, 2.45) is 13.0 Å². The summed E-state index contributed by atoms with van der Waals surface area (Å²) in [6.07, 6.45) is 3.86. The van der Waals surface area contributed by atoms with Gasteiger partial charge in [0.15, 0.2) is 11.5 Å². The van der Waals surface area contributed by atoms with Crippen LogP contribution in [-0.2, 0) is 7.05 Å². The Morgan fingerprint density at radius 3 is 2.92 bits per heavy atom. The SMILES string of the molecule is Cc1nn(C)c2nc(-c3ccccn3)nc(N3CCC[C@H](CO)C3)c12. The number of aryl methyl sites for hydroxylation is 2. The molecule has 130 valence electrons. The number of hydrogen-bond donors (Lipinski definition) is 1. The van der Waals surface area contributed by atoms with Gasteiger partial charge in [-0.15, -0.1) is 0 Å². The lowest BCUT2D eigenvalue weighted by Gasteiger charge is -2.33. The number of pyridine rings is 1. The maximum absolute atomic E-state index is 9.57. The highest BCUT2D eigenvalue weighted by atomic mass is 16.3. The smallest absolute Gasteiger partial charge is 0.182 e. The lowest BCUT2D eigenvalue weighted by Crippen LogP contribution is -2.37. The van der Waals surface area contributed by atoms with Gasteiger partial charge in [0.25, 0.3) is 0 Å². The minimum absolute atomic E-state index is 0.212. The lowest BCUT2D eigenvalue weighted by atomic mass is 9.99. The van der Waals surface area contributed by atoms with Crippen LogP contribution in [0.2, 0.25) is 0 Å². The average molecular weight is 338 g/mol. The summed E-state index contributed by atoms with van der Waals surface area (Å²) in [5.41, 5.74) is 2.49. The summed E-state index contributed by atoms with van der Waals surface area (Å²) in [6.45, 7) is 3.93. The molecule has 25 heavy (non-hydrogen) atoms. The fraction of sp³-hybridized carbons (Fsp3) is 0.444. The summed E-state index contributed by atoms with van der Waals surface area (Å²) in [5.74, 6) is 1.79. The quantitative estimate of drug-likeness (QED) is 0.786. The third-order valence-corrected chi connectivity index (χ3v) is 4.81. The topological polar surface area (TPSA) is 80.0 Å². The van der Waals surface area contributed by atoms with Crippen LogP contribution < -0.4 is 4.90 Å². The Morgan fingerprint density at radius 2 is 2.16 bits per heavy atom. The number of hydrogen-bond acceptors (Lipinski definition) is 6. The maximum atomic E-state index is 9.57. The van der Waals surface area contributed by atoms with E-state index in [1.165, 1.54) is 0 Å². The van der Waals surface area contributed by atoms with Crippen molar-refractivity contribution in [2.45, 2.75) is 19.8 Å². The molecule has 4 heterocycles. The first-order valence-corrected chi connectivity index (χ1v) is 8.66. The van der Waals surface area contributed by atoms with Gasteiger partial charge in [-0.2, -0.15) is 5.10 Å². The fourth-order valence-electron chi connectivity index (χ4n) is 3.56. The standard InChI is InChI=1S/C18H22N6O/c1-12-15-17(23(2)22-12)20-16(14-7-3-4-8-19-14)21-18(15)24-9-5-6-13(10-24)11-25/h3-4,7-8,13,25H,5-6,9-11H2,1-2H3/t13-/m0/s1. The Kier molecular flexibility index (Phi) is 4.09. The van der Waals surface area contributed by atoms with Gasteiger partial charge in [-0.05, 0) is 37.8 Å². The van der Waals surface area contributed by atoms with E-state index in [1.54, 1.807) is 10.9 Å². The first-order valence-electron chi connectivity index (χ1n) is 8.66. The summed E-state index contributed by atoms with van der Waals surface area (Å²) in [5, 5.41) is 15.1. The summed E-state index contributed by atoms with van der Waals surface area (Å²) < 4.78 is 1.80. The van der Waals surface area contributed by atoms with E-state index in [4.69, 9.17) is 9.97 Å². The molecule has 7 nitrogen and oxygen atoms in total. The number of aliphatic hydroxyl groups is 1. The highest BCUT2D eigenvalue weighted by Crippen LogP contribution is 2.31. The van der Waals surface area contributed by atoms with Crippen LogP contribution in [0.4, 0.5) is 5.82 Å². The van der Waals surface area contributed by atoms with E-state index in [2.05, 4.69) is 15.0 Å². The van der Waals surface area contributed by atoms with Gasteiger partial charge >= 0.3 is 0 Å². The van der Waals surface area contributed by atoms with Crippen LogP contribution in [0.15, 0.2) is 24.4 Å². The molecule has 0 unspecified atom stereocenters. The van der Waals surface area contributed by atoms with Crippen molar-refractivity contribution in [1.29, 1.82) is 0 Å². The van der Waals surface area contributed by atoms with Crippen molar-refractivity contribution in [3.63, 3.8) is 0 Å². The van der Waals surface area contributed by atoms with Crippen LogP contribution in [0.5, 0.6) is 0 Å². The number of fused-ring (bicyclic) bond motifs is 1. The Hall–Kier alpha value is -2.54. The molecule has 1 N–H and O–H groups in total. The zero-order chi connectivity index (χ0) is 17.4. The van der Waals surface area contributed by atoms with Crippen LogP contribution in [0.1, 0.15) is 18.5 Å². The molecule has 3 aromatic rings. The van der Waals surface area contributed by atoms with Crippen molar-refractivity contribution in [3.8, 4) is 11.5 Å². The number of rotatable bonds is 3. The zero-order valence-electron chi connectivity index (χ0n) is 14.6. The van der Waals surface area contributed by atoms with E-state index < -0.39 is 0 Å². The number of nitrogens with zero attached hydrogens (tertiary/aromatic N) is 6. The van der Waals surface area contributed by atoms with Crippen LogP contribution in [-0.4, -0.2) is 49.5 Å². The minimum atomic E-state index is 0.212. The van der Waals surface area contributed by atoms with Crippen molar-refractivity contribution in [2.75, 3.05) is 24.6 Å². The molecule has 0 radical (unpaired) electrons. The average Bonchev–Trinajstić information content (AvgIpc) is 2.96. The van der Waals surface area contributed by atoms with Gasteiger partial charge in [-0.1, -0.05) is 6.07 Å². The second-order valence-electron chi connectivity index (χ2n) is 6.63. The van der Waals surface area contributed by atoms with Crippen LogP contribution in [0, 0.1) is 12.8 Å². The fourth-order valence-corrected chi connectivity index (χ4v) is 3.56. The van der Waals surface area contributed by atoms with E-state index in [0.717, 1.165) is 54.2 Å². The third-order valence-electron chi connectivity index (χ3n) is 4.81. The molecule has 0 aromatic carbocycles. The van der Waals surface area contributed by atoms with Crippen molar-refractivity contribution >= 4 is 16.9 Å². The monoisotopic (exact) mass is 338 g/mol. The molecule has 0 spiro atoms. The molecule has 0 saturated carbocycles. The van der Waals surface area contributed by atoms with Gasteiger partial charge in [0, 0.05) is 32.9 Å². The predicted octanol–water partition coefficient (Wildman–Crippen LogP) is 1.94. The van der Waals surface area contributed by atoms with Gasteiger partial charge in [0.1, 0.15) is 11.5 Å². The minimum Gasteiger partial charge on any atom is -0.396 e. The normalized spacial score (nSPS) is 18.0. The van der Waals surface area contributed by atoms with Gasteiger partial charge in [-0.25, -0.2) is 9.97 Å². The van der Waals surface area contributed by atoms with E-state index in [9.17, 15) is 5.11 Å². The van der Waals surface area contributed by atoms with Crippen molar-refractivity contribution in [3.05, 3.63) is 30.1 Å². The highest BCUT2D eigenvalue weighted by molar-refractivity contribution is 5.91. The largest absolute Gasteiger partial charge is 0.396 e. The molecule has 1 aliphatic heterocycles. The van der Waals surface area contributed by atoms with Gasteiger partial charge < -0.3 is 10.0 Å². The molecule has 0 amide bonds. The molecular formula is C18H22N6O. The zero-order valence-corrected chi connectivity index (χ0v) is 14.6. The molecule has 1 saturated heterocycles. The molecule has 1 aliphatic rings. The number of aromatic nitrogens is 5. The third kappa shape index (κ3) is 2.84. The number of anilines is 1.